The monoisotopic (exact) mass is 386 g/mol. The molecular formula is C22H11ClN2O3. The minimum Gasteiger partial charge on any atom is -0.321 e. The summed E-state index contributed by atoms with van der Waals surface area (Å²) in [4.78, 5) is 38.3. The van der Waals surface area contributed by atoms with Gasteiger partial charge in [0.2, 0.25) is 0 Å². The van der Waals surface area contributed by atoms with E-state index in [4.69, 9.17) is 11.6 Å². The quantitative estimate of drug-likeness (QED) is 0.558. The zero-order valence-electron chi connectivity index (χ0n) is 14.3. The van der Waals surface area contributed by atoms with Crippen LogP contribution < -0.4 is 5.32 Å². The van der Waals surface area contributed by atoms with Crippen molar-refractivity contribution < 1.29 is 14.4 Å². The minimum absolute atomic E-state index is 0.00292. The number of anilines is 1. The van der Waals surface area contributed by atoms with E-state index in [1.54, 1.807) is 48.5 Å². The van der Waals surface area contributed by atoms with Crippen LogP contribution in [0.25, 0.3) is 0 Å². The maximum Gasteiger partial charge on any atom is 0.257 e. The highest BCUT2D eigenvalue weighted by Crippen LogP contribution is 2.33. The molecule has 0 atom stereocenters. The summed E-state index contributed by atoms with van der Waals surface area (Å²) in [6, 6.07) is 17.8. The summed E-state index contributed by atoms with van der Waals surface area (Å²) in [7, 11) is 0. The number of nitrogens with one attached hydrogen (secondary N) is 1. The third-order valence-corrected chi connectivity index (χ3v) is 4.90. The Hall–Kier alpha value is -3.75. The van der Waals surface area contributed by atoms with Gasteiger partial charge in [-0.1, -0.05) is 48.0 Å². The Morgan fingerprint density at radius 3 is 2.18 bits per heavy atom. The SMILES string of the molecule is N#Cc1c(NC(=O)c2ccccc2Cl)ccc2c1C(=O)c1ccccc1C2=O. The summed E-state index contributed by atoms with van der Waals surface area (Å²) in [6.45, 7) is 0. The molecule has 3 aromatic carbocycles. The molecule has 1 aliphatic carbocycles. The molecule has 0 radical (unpaired) electrons. The van der Waals surface area contributed by atoms with Crippen molar-refractivity contribution >= 4 is 34.8 Å². The van der Waals surface area contributed by atoms with Crippen LogP contribution in [-0.4, -0.2) is 17.5 Å². The van der Waals surface area contributed by atoms with Gasteiger partial charge in [0.05, 0.1) is 27.4 Å². The van der Waals surface area contributed by atoms with Crippen molar-refractivity contribution in [2.45, 2.75) is 0 Å². The molecule has 5 nitrogen and oxygen atoms in total. The van der Waals surface area contributed by atoms with E-state index in [0.29, 0.717) is 5.56 Å². The Balaban J connectivity index is 1.82. The second-order valence-corrected chi connectivity index (χ2v) is 6.57. The number of ketones is 2. The first-order chi connectivity index (χ1) is 13.5. The smallest absolute Gasteiger partial charge is 0.257 e. The van der Waals surface area contributed by atoms with Crippen molar-refractivity contribution in [3.8, 4) is 6.07 Å². The predicted octanol–water partition coefficient (Wildman–Crippen LogP) is 4.24. The number of halogens is 1. The van der Waals surface area contributed by atoms with Gasteiger partial charge in [-0.15, -0.1) is 0 Å². The molecule has 4 rings (SSSR count). The first kappa shape index (κ1) is 17.7. The molecule has 1 amide bonds. The van der Waals surface area contributed by atoms with E-state index in [-0.39, 0.29) is 44.3 Å². The number of amides is 1. The lowest BCUT2D eigenvalue weighted by Gasteiger charge is -2.20. The molecule has 0 spiro atoms. The molecule has 0 heterocycles. The Kier molecular flexibility index (Phi) is 4.26. The number of nitrogens with zero attached hydrogens (tertiary/aromatic N) is 1. The van der Waals surface area contributed by atoms with Gasteiger partial charge in [-0.05, 0) is 24.3 Å². The van der Waals surface area contributed by atoms with Crippen LogP contribution in [0, 0.1) is 11.3 Å². The van der Waals surface area contributed by atoms with Crippen molar-refractivity contribution in [2.24, 2.45) is 0 Å². The van der Waals surface area contributed by atoms with Crippen LogP contribution in [0.3, 0.4) is 0 Å². The van der Waals surface area contributed by atoms with E-state index in [1.807, 2.05) is 6.07 Å². The number of hydrogen-bond acceptors (Lipinski definition) is 4. The number of carbonyl (C=O) groups is 3. The van der Waals surface area contributed by atoms with E-state index in [1.165, 1.54) is 12.1 Å². The topological polar surface area (TPSA) is 87.0 Å². The predicted molar refractivity (Wildman–Crippen MR) is 104 cm³/mol. The van der Waals surface area contributed by atoms with Gasteiger partial charge < -0.3 is 5.32 Å². The second kappa shape index (κ2) is 6.76. The van der Waals surface area contributed by atoms with Crippen LogP contribution in [0.1, 0.15) is 47.8 Å². The lowest BCUT2D eigenvalue weighted by molar-refractivity contribution is 0.0979. The first-order valence-corrected chi connectivity index (χ1v) is 8.72. The molecular weight excluding hydrogens is 376 g/mol. The first-order valence-electron chi connectivity index (χ1n) is 8.34. The van der Waals surface area contributed by atoms with Crippen LogP contribution in [0.5, 0.6) is 0 Å². The van der Waals surface area contributed by atoms with E-state index >= 15 is 0 Å². The van der Waals surface area contributed by atoms with E-state index < -0.39 is 11.7 Å². The molecule has 3 aromatic rings. The fraction of sp³-hybridized carbons (Fsp3) is 0. The molecule has 0 aromatic heterocycles. The molecule has 0 fully saturated rings. The van der Waals surface area contributed by atoms with Crippen LogP contribution in [0.15, 0.2) is 60.7 Å². The van der Waals surface area contributed by atoms with Crippen LogP contribution >= 0.6 is 11.6 Å². The van der Waals surface area contributed by atoms with Crippen molar-refractivity contribution in [3.05, 3.63) is 99.1 Å². The summed E-state index contributed by atoms with van der Waals surface area (Å²) in [5.74, 6) is -1.27. The summed E-state index contributed by atoms with van der Waals surface area (Å²) in [5, 5.41) is 12.6. The molecule has 0 saturated carbocycles. The molecule has 0 saturated heterocycles. The maximum atomic E-state index is 13.0. The minimum atomic E-state index is -0.517. The van der Waals surface area contributed by atoms with E-state index in [2.05, 4.69) is 5.32 Å². The average molecular weight is 387 g/mol. The highest BCUT2D eigenvalue weighted by Gasteiger charge is 2.33. The molecule has 134 valence electrons. The fourth-order valence-electron chi connectivity index (χ4n) is 3.24. The second-order valence-electron chi connectivity index (χ2n) is 6.16. The highest BCUT2D eigenvalue weighted by molar-refractivity contribution is 6.34. The van der Waals surface area contributed by atoms with Crippen LogP contribution in [0.2, 0.25) is 5.02 Å². The van der Waals surface area contributed by atoms with Gasteiger partial charge in [-0.2, -0.15) is 5.26 Å². The summed E-state index contributed by atoms with van der Waals surface area (Å²) in [6.07, 6.45) is 0. The van der Waals surface area contributed by atoms with Crippen molar-refractivity contribution in [1.29, 1.82) is 5.26 Å². The van der Waals surface area contributed by atoms with Gasteiger partial charge in [0.25, 0.3) is 5.91 Å². The van der Waals surface area contributed by atoms with E-state index in [0.717, 1.165) is 0 Å². The zero-order chi connectivity index (χ0) is 19.8. The molecule has 1 N–H and O–H groups in total. The van der Waals surface area contributed by atoms with Crippen molar-refractivity contribution in [2.75, 3.05) is 5.32 Å². The number of nitriles is 1. The number of hydrogen-bond donors (Lipinski definition) is 1. The molecule has 0 unspecified atom stereocenters. The van der Waals surface area contributed by atoms with Crippen molar-refractivity contribution in [1.82, 2.24) is 0 Å². The van der Waals surface area contributed by atoms with Crippen LogP contribution in [0.4, 0.5) is 5.69 Å². The van der Waals surface area contributed by atoms with Gasteiger partial charge >= 0.3 is 0 Å². The Morgan fingerprint density at radius 2 is 1.50 bits per heavy atom. The third-order valence-electron chi connectivity index (χ3n) is 4.57. The van der Waals surface area contributed by atoms with Gasteiger partial charge in [-0.3, -0.25) is 14.4 Å². The molecule has 0 aliphatic heterocycles. The normalized spacial score (nSPS) is 12.0. The van der Waals surface area contributed by atoms with E-state index in [9.17, 15) is 19.6 Å². The van der Waals surface area contributed by atoms with Gasteiger partial charge in [0.15, 0.2) is 11.6 Å². The fourth-order valence-corrected chi connectivity index (χ4v) is 3.46. The van der Waals surface area contributed by atoms with Gasteiger partial charge in [0, 0.05) is 16.7 Å². The zero-order valence-corrected chi connectivity index (χ0v) is 15.1. The summed E-state index contributed by atoms with van der Waals surface area (Å²) >= 11 is 6.05. The Morgan fingerprint density at radius 1 is 0.857 bits per heavy atom. The number of fused-ring (bicyclic) bond motifs is 2. The largest absolute Gasteiger partial charge is 0.321 e. The summed E-state index contributed by atoms with van der Waals surface area (Å²) in [5.41, 5.74) is 1.03. The lowest BCUT2D eigenvalue weighted by atomic mass is 9.81. The summed E-state index contributed by atoms with van der Waals surface area (Å²) < 4.78 is 0. The molecule has 6 heteroatoms. The maximum absolute atomic E-state index is 13.0. The highest BCUT2D eigenvalue weighted by atomic mass is 35.5. The Bertz CT molecular complexity index is 1220. The van der Waals surface area contributed by atoms with Gasteiger partial charge in [0.1, 0.15) is 6.07 Å². The Labute approximate surface area is 165 Å². The van der Waals surface area contributed by atoms with Crippen molar-refractivity contribution in [3.63, 3.8) is 0 Å². The average Bonchev–Trinajstić information content (AvgIpc) is 2.72. The molecule has 28 heavy (non-hydrogen) atoms. The lowest BCUT2D eigenvalue weighted by Crippen LogP contribution is -2.23. The molecule has 1 aliphatic rings. The standard InChI is InChI=1S/C22H11ClN2O3/c23-17-8-4-3-7-14(17)22(28)25-18-10-9-15-19(16(18)11-24)21(27)13-6-2-1-5-12(13)20(15)26/h1-10H,(H,25,28). The van der Waals surface area contributed by atoms with Crippen LogP contribution in [-0.2, 0) is 0 Å². The molecule has 0 bridgehead atoms. The number of benzene rings is 3. The number of rotatable bonds is 2. The number of carbonyl (C=O) groups excluding carboxylic acids is 3. The third kappa shape index (κ3) is 2.68. The van der Waals surface area contributed by atoms with Gasteiger partial charge in [-0.25, -0.2) is 0 Å².